The zero-order chi connectivity index (χ0) is 15.0. The number of nitrogens with zero attached hydrogens (tertiary/aromatic N) is 3. The van der Waals surface area contributed by atoms with Gasteiger partial charge in [-0.1, -0.05) is 13.8 Å². The largest absolute Gasteiger partial charge is 0.494 e. The molecule has 1 radical (unpaired) electrons. The summed E-state index contributed by atoms with van der Waals surface area (Å²) >= 11 is 1.45. The molecule has 1 aromatic carbocycles. The summed E-state index contributed by atoms with van der Waals surface area (Å²) in [6.07, 6.45) is 2.81. The average molecular weight is 302 g/mol. The first-order valence-corrected chi connectivity index (χ1v) is 7.36. The molecule has 0 aliphatic rings. The minimum Gasteiger partial charge on any atom is -0.494 e. The Balaban J connectivity index is 2.13. The summed E-state index contributed by atoms with van der Waals surface area (Å²) in [5.74, 6) is 0.362. The van der Waals surface area contributed by atoms with Crippen LogP contribution in [-0.4, -0.2) is 22.1 Å². The van der Waals surface area contributed by atoms with Crippen molar-refractivity contribution in [3.8, 4) is 16.6 Å². The normalized spacial score (nSPS) is 11.3. The van der Waals surface area contributed by atoms with Crippen LogP contribution < -0.4 is 4.74 Å². The maximum absolute atomic E-state index is 14.2. The van der Waals surface area contributed by atoms with E-state index in [1.54, 1.807) is 6.07 Å². The van der Waals surface area contributed by atoms with Gasteiger partial charge in [0.05, 0.1) is 12.8 Å². The Bertz CT molecular complexity index is 801. The van der Waals surface area contributed by atoms with Crippen molar-refractivity contribution >= 4 is 22.2 Å². The van der Waals surface area contributed by atoms with Gasteiger partial charge in [0.25, 0.3) is 0 Å². The van der Waals surface area contributed by atoms with Gasteiger partial charge in [0, 0.05) is 10.8 Å². The highest BCUT2D eigenvalue weighted by atomic mass is 32.1. The van der Waals surface area contributed by atoms with Gasteiger partial charge in [0.1, 0.15) is 11.7 Å². The van der Waals surface area contributed by atoms with Crippen LogP contribution in [0.2, 0.25) is 0 Å². The Labute approximate surface area is 125 Å². The van der Waals surface area contributed by atoms with Crippen LogP contribution >= 0.6 is 11.3 Å². The predicted octanol–water partition coefficient (Wildman–Crippen LogP) is 3.82. The van der Waals surface area contributed by atoms with E-state index in [4.69, 9.17) is 4.74 Å². The van der Waals surface area contributed by atoms with Crippen molar-refractivity contribution in [2.75, 3.05) is 7.11 Å². The molecule has 6 heteroatoms. The fourth-order valence-electron chi connectivity index (χ4n) is 1.90. The van der Waals surface area contributed by atoms with Crippen LogP contribution in [0.4, 0.5) is 4.39 Å². The molecule has 0 amide bonds. The van der Waals surface area contributed by atoms with Crippen molar-refractivity contribution in [2.24, 2.45) is 0 Å². The van der Waals surface area contributed by atoms with Crippen LogP contribution in [0.5, 0.6) is 5.75 Å². The predicted molar refractivity (Wildman–Crippen MR) is 80.1 cm³/mol. The summed E-state index contributed by atoms with van der Waals surface area (Å²) in [4.78, 5) is 12.9. The third-order valence-electron chi connectivity index (χ3n) is 3.11. The lowest BCUT2D eigenvalue weighted by atomic mass is 10.2. The zero-order valence-corrected chi connectivity index (χ0v) is 12.7. The number of ether oxygens (including phenoxy) is 1. The van der Waals surface area contributed by atoms with Crippen LogP contribution in [0.25, 0.3) is 21.7 Å². The molecule has 0 aliphatic carbocycles. The molecule has 0 atom stereocenters. The molecule has 0 saturated carbocycles. The molecule has 2 aromatic heterocycles. The second kappa shape index (κ2) is 5.37. The molecule has 3 rings (SSSR count). The van der Waals surface area contributed by atoms with E-state index in [0.717, 1.165) is 5.69 Å². The fraction of sp³-hybridized carbons (Fsp3) is 0.267. The molecule has 0 aliphatic heterocycles. The lowest BCUT2D eigenvalue weighted by Gasteiger charge is -2.04. The van der Waals surface area contributed by atoms with Gasteiger partial charge in [-0.2, -0.15) is 0 Å². The van der Waals surface area contributed by atoms with Crippen LogP contribution in [-0.2, 0) is 0 Å². The number of hydrogen-bond donors (Lipinski definition) is 0. The van der Waals surface area contributed by atoms with Gasteiger partial charge in [0.2, 0.25) is 0 Å². The molecule has 0 unspecified atom stereocenters. The second-order valence-corrected chi connectivity index (χ2v) is 5.73. The maximum atomic E-state index is 14.2. The number of benzene rings is 1. The Kier molecular flexibility index (Phi) is 3.55. The third kappa shape index (κ3) is 2.47. The van der Waals surface area contributed by atoms with E-state index in [2.05, 4.69) is 35.0 Å². The van der Waals surface area contributed by atoms with Crippen molar-refractivity contribution in [1.82, 2.24) is 15.0 Å². The molecule has 0 spiro atoms. The van der Waals surface area contributed by atoms with Gasteiger partial charge in [-0.3, -0.25) is 0 Å². The monoisotopic (exact) mass is 302 g/mol. The first kappa shape index (κ1) is 13.9. The smallest absolute Gasteiger partial charge is 0.191 e. The highest BCUT2D eigenvalue weighted by molar-refractivity contribution is 7.13. The van der Waals surface area contributed by atoms with E-state index < -0.39 is 5.82 Å². The molecule has 21 heavy (non-hydrogen) atoms. The van der Waals surface area contributed by atoms with E-state index >= 15 is 0 Å². The van der Waals surface area contributed by atoms with Crippen molar-refractivity contribution in [3.63, 3.8) is 0 Å². The van der Waals surface area contributed by atoms with Gasteiger partial charge in [-0.25, -0.2) is 19.3 Å². The van der Waals surface area contributed by atoms with Crippen LogP contribution in [0.15, 0.2) is 17.5 Å². The molecular weight excluding hydrogens is 289 g/mol. The minimum atomic E-state index is -0.504. The van der Waals surface area contributed by atoms with E-state index in [1.165, 1.54) is 24.5 Å². The molecular formula is C15H13FN3OS. The summed E-state index contributed by atoms with van der Waals surface area (Å²) in [7, 11) is 1.42. The Morgan fingerprint density at radius 3 is 2.76 bits per heavy atom. The van der Waals surface area contributed by atoms with E-state index in [1.807, 2.05) is 5.38 Å². The summed E-state index contributed by atoms with van der Waals surface area (Å²) in [5, 5.41) is 3.15. The van der Waals surface area contributed by atoms with Crippen molar-refractivity contribution in [2.45, 2.75) is 19.8 Å². The van der Waals surface area contributed by atoms with Crippen molar-refractivity contribution < 1.29 is 9.13 Å². The second-order valence-electron chi connectivity index (χ2n) is 4.87. The first-order valence-electron chi connectivity index (χ1n) is 6.48. The zero-order valence-electron chi connectivity index (χ0n) is 11.8. The third-order valence-corrected chi connectivity index (χ3v) is 3.96. The SMILES string of the molecule is COc1ccc2[c]nc(-c3nc(C(C)C)cs3)nc2c1F. The van der Waals surface area contributed by atoms with E-state index in [-0.39, 0.29) is 11.3 Å². The standard InChI is InChI=1S/C15H13FN3OS/c1-8(2)10-7-21-15(18-10)14-17-6-9-4-5-11(20-3)12(16)13(9)19-14/h4-5,7-8H,1-3H3. The molecule has 0 fully saturated rings. The average Bonchev–Trinajstić information content (AvgIpc) is 2.97. The number of hydrogen-bond acceptors (Lipinski definition) is 5. The molecule has 0 saturated heterocycles. The van der Waals surface area contributed by atoms with Gasteiger partial charge >= 0.3 is 0 Å². The topological polar surface area (TPSA) is 47.9 Å². The molecule has 2 heterocycles. The van der Waals surface area contributed by atoms with E-state index in [9.17, 15) is 4.39 Å². The molecule has 107 valence electrons. The van der Waals surface area contributed by atoms with E-state index in [0.29, 0.717) is 22.1 Å². The number of fused-ring (bicyclic) bond motifs is 1. The number of methoxy groups -OCH3 is 1. The number of thiazole rings is 1. The van der Waals surface area contributed by atoms with Gasteiger partial charge < -0.3 is 4.74 Å². The lowest BCUT2D eigenvalue weighted by molar-refractivity contribution is 0.388. The lowest BCUT2D eigenvalue weighted by Crippen LogP contribution is -1.96. The number of aromatic nitrogens is 3. The van der Waals surface area contributed by atoms with Crippen LogP contribution in [0, 0.1) is 12.0 Å². The maximum Gasteiger partial charge on any atom is 0.191 e. The van der Waals surface area contributed by atoms with Gasteiger partial charge in [-0.15, -0.1) is 11.3 Å². The summed E-state index contributed by atoms with van der Waals surface area (Å²) in [6.45, 7) is 4.13. The highest BCUT2D eigenvalue weighted by Crippen LogP contribution is 2.28. The molecule has 0 N–H and O–H groups in total. The molecule has 4 nitrogen and oxygen atoms in total. The van der Waals surface area contributed by atoms with Gasteiger partial charge in [0.15, 0.2) is 22.4 Å². The quantitative estimate of drug-likeness (QED) is 0.738. The van der Waals surface area contributed by atoms with Crippen molar-refractivity contribution in [1.29, 1.82) is 0 Å². The first-order chi connectivity index (χ1) is 10.1. The van der Waals surface area contributed by atoms with Gasteiger partial charge in [-0.05, 0) is 18.1 Å². The number of halogens is 1. The summed E-state index contributed by atoms with van der Waals surface area (Å²) < 4.78 is 19.2. The minimum absolute atomic E-state index is 0.155. The van der Waals surface area contributed by atoms with Crippen molar-refractivity contribution in [3.05, 3.63) is 35.2 Å². The summed E-state index contributed by atoms with van der Waals surface area (Å²) in [5.41, 5.74) is 1.17. The fourth-order valence-corrected chi connectivity index (χ4v) is 2.81. The summed E-state index contributed by atoms with van der Waals surface area (Å²) in [6, 6.07) is 3.22. The Morgan fingerprint density at radius 2 is 2.10 bits per heavy atom. The Hall–Kier alpha value is -2.08. The van der Waals surface area contributed by atoms with Crippen LogP contribution in [0.3, 0.4) is 0 Å². The van der Waals surface area contributed by atoms with Crippen LogP contribution in [0.1, 0.15) is 25.5 Å². The Morgan fingerprint density at radius 1 is 1.29 bits per heavy atom. The number of rotatable bonds is 3. The highest BCUT2D eigenvalue weighted by Gasteiger charge is 2.14. The molecule has 3 aromatic rings. The molecule has 0 bridgehead atoms.